The summed E-state index contributed by atoms with van der Waals surface area (Å²) in [7, 11) is 0. The highest BCUT2D eigenvalue weighted by Gasteiger charge is 2.38. The lowest BCUT2D eigenvalue weighted by Crippen LogP contribution is -2.26. The first-order valence-electron chi connectivity index (χ1n) is 7.64. The van der Waals surface area contributed by atoms with E-state index in [0.29, 0.717) is 5.41 Å². The first-order valence-corrected chi connectivity index (χ1v) is 7.64. The predicted octanol–water partition coefficient (Wildman–Crippen LogP) is 4.00. The molecule has 0 aromatic carbocycles. The Morgan fingerprint density at radius 3 is 2.68 bits per heavy atom. The molecule has 0 saturated heterocycles. The zero-order valence-electron chi connectivity index (χ0n) is 12.0. The van der Waals surface area contributed by atoms with E-state index < -0.39 is 0 Å². The van der Waals surface area contributed by atoms with Crippen molar-refractivity contribution in [2.75, 3.05) is 0 Å². The third-order valence-corrected chi connectivity index (χ3v) is 5.33. The number of rotatable bonds is 0. The van der Waals surface area contributed by atoms with Crippen LogP contribution in [-0.4, -0.2) is 9.38 Å². The van der Waals surface area contributed by atoms with E-state index in [1.54, 1.807) is 0 Å². The van der Waals surface area contributed by atoms with Crippen molar-refractivity contribution in [3.63, 3.8) is 0 Å². The summed E-state index contributed by atoms with van der Waals surface area (Å²) in [4.78, 5) is 4.96. The maximum absolute atomic E-state index is 4.96. The first kappa shape index (κ1) is 11.5. The highest BCUT2D eigenvalue weighted by atomic mass is 15.0. The van der Waals surface area contributed by atoms with Crippen LogP contribution in [0.5, 0.6) is 0 Å². The second-order valence-corrected chi connectivity index (χ2v) is 6.76. The van der Waals surface area contributed by atoms with Crippen LogP contribution >= 0.6 is 0 Å². The van der Waals surface area contributed by atoms with Gasteiger partial charge in [0.2, 0.25) is 0 Å². The third-order valence-electron chi connectivity index (χ3n) is 5.33. The van der Waals surface area contributed by atoms with Gasteiger partial charge in [-0.15, -0.1) is 0 Å². The quantitative estimate of drug-likeness (QED) is 0.694. The molecule has 0 aliphatic heterocycles. The van der Waals surface area contributed by atoms with E-state index in [9.17, 15) is 0 Å². The van der Waals surface area contributed by atoms with Crippen LogP contribution in [-0.2, 0) is 12.8 Å². The highest BCUT2D eigenvalue weighted by Crippen LogP contribution is 2.47. The van der Waals surface area contributed by atoms with Gasteiger partial charge in [0.25, 0.3) is 0 Å². The molecular weight excluding hydrogens is 232 g/mol. The number of nitrogens with zero attached hydrogens (tertiary/aromatic N) is 2. The minimum absolute atomic E-state index is 0.605. The Morgan fingerprint density at radius 1 is 1.11 bits per heavy atom. The van der Waals surface area contributed by atoms with Gasteiger partial charge in [-0.1, -0.05) is 12.8 Å². The molecule has 0 atom stereocenters. The van der Waals surface area contributed by atoms with E-state index in [1.807, 2.05) is 0 Å². The van der Waals surface area contributed by atoms with Crippen molar-refractivity contribution in [2.45, 2.75) is 58.8 Å². The molecular formula is C17H22N2. The second-order valence-electron chi connectivity index (χ2n) is 6.76. The third kappa shape index (κ3) is 1.65. The van der Waals surface area contributed by atoms with Gasteiger partial charge in [0.15, 0.2) is 0 Å². The van der Waals surface area contributed by atoms with Crippen molar-refractivity contribution >= 4 is 5.65 Å². The summed E-state index contributed by atoms with van der Waals surface area (Å²) in [5.74, 6) is 0. The number of pyridine rings is 1. The molecule has 1 spiro atoms. The van der Waals surface area contributed by atoms with E-state index in [0.717, 1.165) is 5.65 Å². The van der Waals surface area contributed by atoms with E-state index in [1.165, 1.54) is 67.6 Å². The largest absolute Gasteiger partial charge is 0.301 e. The first-order chi connectivity index (χ1) is 9.17. The molecule has 2 aromatic rings. The molecule has 2 aliphatic carbocycles. The Hall–Kier alpha value is -1.31. The summed E-state index contributed by atoms with van der Waals surface area (Å²) in [5.41, 5.74) is 7.31. The zero-order chi connectivity index (χ0) is 13.0. The molecule has 1 saturated carbocycles. The monoisotopic (exact) mass is 254 g/mol. The molecule has 0 unspecified atom stereocenters. The van der Waals surface area contributed by atoms with Crippen molar-refractivity contribution in [1.82, 2.24) is 9.38 Å². The van der Waals surface area contributed by atoms with Crippen LogP contribution in [0.3, 0.4) is 0 Å². The summed E-state index contributed by atoms with van der Waals surface area (Å²) in [5, 5.41) is 0. The van der Waals surface area contributed by atoms with Crippen LogP contribution in [0.2, 0.25) is 0 Å². The maximum Gasteiger partial charge on any atom is 0.137 e. The Bertz CT molecular complexity index is 645. The molecule has 2 aromatic heterocycles. The Labute approximate surface area is 114 Å². The number of aromatic nitrogens is 2. The fraction of sp³-hybridized carbons (Fsp3) is 0.588. The molecule has 0 N–H and O–H groups in total. The predicted molar refractivity (Wildman–Crippen MR) is 77.6 cm³/mol. The number of fused-ring (bicyclic) bond motifs is 3. The Balaban J connectivity index is 1.86. The van der Waals surface area contributed by atoms with Gasteiger partial charge in [-0.2, -0.15) is 0 Å². The highest BCUT2D eigenvalue weighted by molar-refractivity contribution is 5.48. The van der Waals surface area contributed by atoms with E-state index in [-0.39, 0.29) is 0 Å². The van der Waals surface area contributed by atoms with E-state index in [4.69, 9.17) is 4.98 Å². The fourth-order valence-electron chi connectivity index (χ4n) is 4.43. The minimum Gasteiger partial charge on any atom is -0.301 e. The standard InChI is InChI=1S/C17H22N2/c1-12-9-13(2)19-15-5-8-17(6-3-4-7-17)11-14(15)18-16(19)10-12/h9-10H,3-8,11H2,1-2H3. The number of hydrogen-bond donors (Lipinski definition) is 0. The summed E-state index contributed by atoms with van der Waals surface area (Å²) in [6.07, 6.45) is 9.54. The van der Waals surface area contributed by atoms with Crippen LogP contribution in [0.25, 0.3) is 5.65 Å². The van der Waals surface area contributed by atoms with Gasteiger partial charge in [0.1, 0.15) is 5.65 Å². The Morgan fingerprint density at radius 2 is 1.89 bits per heavy atom. The van der Waals surface area contributed by atoms with Crippen molar-refractivity contribution in [2.24, 2.45) is 5.41 Å². The maximum atomic E-state index is 4.96. The van der Waals surface area contributed by atoms with Gasteiger partial charge in [0.05, 0.1) is 5.69 Å². The number of imidazole rings is 1. The van der Waals surface area contributed by atoms with Crippen LogP contribution in [0.1, 0.15) is 54.7 Å². The molecule has 0 bridgehead atoms. The molecule has 2 aliphatic rings. The Kier molecular flexibility index (Phi) is 2.33. The lowest BCUT2D eigenvalue weighted by atomic mass is 9.73. The molecule has 2 heteroatoms. The summed E-state index contributed by atoms with van der Waals surface area (Å²) in [6, 6.07) is 4.50. The van der Waals surface area contributed by atoms with Crippen LogP contribution in [0, 0.1) is 19.3 Å². The average molecular weight is 254 g/mol. The van der Waals surface area contributed by atoms with Gasteiger partial charge in [0, 0.05) is 11.4 Å². The van der Waals surface area contributed by atoms with Crippen molar-refractivity contribution in [3.05, 3.63) is 34.8 Å². The van der Waals surface area contributed by atoms with E-state index >= 15 is 0 Å². The molecule has 2 nitrogen and oxygen atoms in total. The van der Waals surface area contributed by atoms with Gasteiger partial charge in [-0.25, -0.2) is 4.98 Å². The van der Waals surface area contributed by atoms with Gasteiger partial charge in [-0.3, -0.25) is 0 Å². The lowest BCUT2D eigenvalue weighted by Gasteiger charge is -2.32. The second kappa shape index (κ2) is 3.84. The molecule has 2 heterocycles. The molecule has 0 amide bonds. The van der Waals surface area contributed by atoms with Gasteiger partial charge >= 0.3 is 0 Å². The van der Waals surface area contributed by atoms with E-state index in [2.05, 4.69) is 30.4 Å². The molecule has 1 fully saturated rings. The lowest BCUT2D eigenvalue weighted by molar-refractivity contribution is 0.250. The molecule has 19 heavy (non-hydrogen) atoms. The summed E-state index contributed by atoms with van der Waals surface area (Å²) >= 11 is 0. The van der Waals surface area contributed by atoms with Crippen LogP contribution < -0.4 is 0 Å². The SMILES string of the molecule is Cc1cc(C)n2c3c(nc2c1)CC1(CCCC1)CC3. The topological polar surface area (TPSA) is 17.3 Å². The van der Waals surface area contributed by atoms with Crippen molar-refractivity contribution in [1.29, 1.82) is 0 Å². The fourth-order valence-corrected chi connectivity index (χ4v) is 4.43. The minimum atomic E-state index is 0.605. The van der Waals surface area contributed by atoms with Gasteiger partial charge < -0.3 is 4.40 Å². The molecule has 4 rings (SSSR count). The number of hydrogen-bond acceptors (Lipinski definition) is 1. The van der Waals surface area contributed by atoms with Gasteiger partial charge in [-0.05, 0) is 69.1 Å². The summed E-state index contributed by atoms with van der Waals surface area (Å²) in [6.45, 7) is 4.38. The van der Waals surface area contributed by atoms with Crippen LogP contribution in [0.15, 0.2) is 12.1 Å². The molecule has 100 valence electrons. The van der Waals surface area contributed by atoms with Crippen molar-refractivity contribution in [3.8, 4) is 0 Å². The van der Waals surface area contributed by atoms with Crippen molar-refractivity contribution < 1.29 is 0 Å². The van der Waals surface area contributed by atoms with Crippen LogP contribution in [0.4, 0.5) is 0 Å². The zero-order valence-corrected chi connectivity index (χ0v) is 12.0. The number of aryl methyl sites for hydroxylation is 3. The normalized spacial score (nSPS) is 21.2. The smallest absolute Gasteiger partial charge is 0.137 e. The summed E-state index contributed by atoms with van der Waals surface area (Å²) < 4.78 is 2.39. The average Bonchev–Trinajstić information content (AvgIpc) is 2.93. The molecule has 0 radical (unpaired) electrons.